The van der Waals surface area contributed by atoms with Gasteiger partial charge in [-0.3, -0.25) is 0 Å². The van der Waals surface area contributed by atoms with Gasteiger partial charge in [-0.25, -0.2) is 0 Å². The fourth-order valence-corrected chi connectivity index (χ4v) is 8.82. The van der Waals surface area contributed by atoms with Crippen molar-refractivity contribution >= 4 is 20.2 Å². The average Bonchev–Trinajstić information content (AvgIpc) is 2.52. The monoisotopic (exact) mass is 342 g/mol. The Balaban J connectivity index is 2.60. The number of rotatable bonds is 7. The Kier molecular flexibility index (Phi) is 6.47. The molecule has 0 spiro atoms. The van der Waals surface area contributed by atoms with Crippen molar-refractivity contribution < 1.29 is 13.6 Å². The highest BCUT2D eigenvalue weighted by Crippen LogP contribution is 2.50. The molecule has 0 aromatic heterocycles. The molecule has 2 unspecified atom stereocenters. The Hall–Kier alpha value is -0.393. The molecule has 1 aliphatic rings. The summed E-state index contributed by atoms with van der Waals surface area (Å²) in [5.41, 5.74) is 1.09. The minimum Gasteiger partial charge on any atom is -0.393 e. The smallest absolute Gasteiger partial charge is 0.377 e. The number of alkyl halides is 1. The number of ether oxygens (including phenoxy) is 1. The second kappa shape index (κ2) is 7.93. The Morgan fingerprint density at radius 1 is 1.09 bits per heavy atom. The summed E-state index contributed by atoms with van der Waals surface area (Å²) in [5, 5.41) is -0.775. The van der Waals surface area contributed by atoms with Crippen molar-refractivity contribution in [1.29, 1.82) is 0 Å². The van der Waals surface area contributed by atoms with Crippen LogP contribution in [0.25, 0.3) is 0 Å². The molecule has 2 atom stereocenters. The normalized spacial score (nSPS) is 27.7. The quantitative estimate of drug-likeness (QED) is 0.544. The summed E-state index contributed by atoms with van der Waals surface area (Å²) in [6, 6.07) is 11.2. The van der Waals surface area contributed by atoms with Gasteiger partial charge >= 0.3 is 8.56 Å². The predicted molar refractivity (Wildman–Crippen MR) is 92.4 cm³/mol. The van der Waals surface area contributed by atoms with Crippen LogP contribution in [0.15, 0.2) is 30.3 Å². The molecule has 0 radical (unpaired) electrons. The van der Waals surface area contributed by atoms with E-state index in [2.05, 4.69) is 12.1 Å². The second-order valence-corrected chi connectivity index (χ2v) is 9.37. The second-order valence-electron chi connectivity index (χ2n) is 5.51. The maximum absolute atomic E-state index is 6.86. The molecule has 1 fully saturated rings. The zero-order valence-electron chi connectivity index (χ0n) is 13.8. The predicted octanol–water partition coefficient (Wildman–Crippen LogP) is 4.37. The third-order valence-corrected chi connectivity index (χ3v) is 9.44. The standard InChI is InChI=1S/C17H27ClO3Si/c1-4-19-17(15-11-8-7-9-12-15)16(18)13-10-14-22(17,20-5-2)21-6-3/h7-9,11-12,16H,4-6,10,13-14H2,1-3H3. The van der Waals surface area contributed by atoms with E-state index in [0.29, 0.717) is 19.8 Å². The van der Waals surface area contributed by atoms with Crippen LogP contribution in [0.1, 0.15) is 39.2 Å². The molecule has 2 rings (SSSR count). The summed E-state index contributed by atoms with van der Waals surface area (Å²) < 4.78 is 19.0. The minimum absolute atomic E-state index is 0.131. The maximum atomic E-state index is 6.86. The first-order valence-electron chi connectivity index (χ1n) is 8.28. The van der Waals surface area contributed by atoms with E-state index in [9.17, 15) is 0 Å². The average molecular weight is 343 g/mol. The fraction of sp³-hybridized carbons (Fsp3) is 0.647. The van der Waals surface area contributed by atoms with E-state index in [1.54, 1.807) is 0 Å². The van der Waals surface area contributed by atoms with Crippen LogP contribution < -0.4 is 0 Å². The molecule has 0 bridgehead atoms. The van der Waals surface area contributed by atoms with Gasteiger partial charge in [0.2, 0.25) is 0 Å². The van der Waals surface area contributed by atoms with Crippen molar-refractivity contribution in [3.63, 3.8) is 0 Å². The van der Waals surface area contributed by atoms with Gasteiger partial charge in [0, 0.05) is 19.8 Å². The van der Waals surface area contributed by atoms with Crippen molar-refractivity contribution in [3.05, 3.63) is 35.9 Å². The lowest BCUT2D eigenvalue weighted by Crippen LogP contribution is -2.68. The van der Waals surface area contributed by atoms with Gasteiger partial charge in [0.15, 0.2) is 5.22 Å². The van der Waals surface area contributed by atoms with E-state index >= 15 is 0 Å². The molecule has 0 N–H and O–H groups in total. The van der Waals surface area contributed by atoms with Gasteiger partial charge in [0.1, 0.15) is 0 Å². The van der Waals surface area contributed by atoms with E-state index in [1.165, 1.54) is 0 Å². The van der Waals surface area contributed by atoms with Crippen LogP contribution in [-0.2, 0) is 18.8 Å². The third kappa shape index (κ3) is 3.00. The molecule has 1 aromatic rings. The summed E-state index contributed by atoms with van der Waals surface area (Å²) in [6.45, 7) is 7.89. The number of hydrogen-bond donors (Lipinski definition) is 0. The van der Waals surface area contributed by atoms with Crippen molar-refractivity contribution in [3.8, 4) is 0 Å². The van der Waals surface area contributed by atoms with Crippen molar-refractivity contribution in [2.45, 2.75) is 50.3 Å². The molecule has 0 saturated carbocycles. The maximum Gasteiger partial charge on any atom is 0.377 e. The van der Waals surface area contributed by atoms with Crippen LogP contribution in [0.3, 0.4) is 0 Å². The fourth-order valence-electron chi connectivity index (χ4n) is 3.61. The van der Waals surface area contributed by atoms with Crippen LogP contribution in [0.4, 0.5) is 0 Å². The van der Waals surface area contributed by atoms with Crippen LogP contribution >= 0.6 is 11.6 Å². The summed E-state index contributed by atoms with van der Waals surface area (Å²) in [7, 11) is -2.64. The zero-order valence-corrected chi connectivity index (χ0v) is 15.6. The van der Waals surface area contributed by atoms with Gasteiger partial charge in [0.25, 0.3) is 0 Å². The van der Waals surface area contributed by atoms with Crippen molar-refractivity contribution in [1.82, 2.24) is 0 Å². The molecule has 22 heavy (non-hydrogen) atoms. The molecule has 1 heterocycles. The highest BCUT2D eigenvalue weighted by molar-refractivity contribution is 6.71. The molecule has 1 aromatic carbocycles. The first-order chi connectivity index (χ1) is 10.7. The Labute approximate surface area is 140 Å². The molecule has 5 heteroatoms. The minimum atomic E-state index is -2.64. The summed E-state index contributed by atoms with van der Waals surface area (Å²) >= 11 is 6.86. The first-order valence-corrected chi connectivity index (χ1v) is 10.7. The summed E-state index contributed by atoms with van der Waals surface area (Å²) in [4.78, 5) is 0. The molecule has 1 aliphatic heterocycles. The topological polar surface area (TPSA) is 27.7 Å². The van der Waals surface area contributed by atoms with Crippen LogP contribution in [0, 0.1) is 0 Å². The van der Waals surface area contributed by atoms with Crippen molar-refractivity contribution in [2.24, 2.45) is 0 Å². The van der Waals surface area contributed by atoms with E-state index < -0.39 is 13.8 Å². The van der Waals surface area contributed by atoms with Gasteiger partial charge in [-0.05, 0) is 45.2 Å². The number of hydrogen-bond acceptors (Lipinski definition) is 3. The van der Waals surface area contributed by atoms with Crippen LogP contribution in [0.5, 0.6) is 0 Å². The zero-order chi connectivity index (χ0) is 16.1. The van der Waals surface area contributed by atoms with E-state index in [1.807, 2.05) is 39.0 Å². The molecule has 0 amide bonds. The van der Waals surface area contributed by atoms with E-state index in [-0.39, 0.29) is 5.38 Å². The Bertz CT molecular complexity index is 445. The molecule has 1 saturated heterocycles. The molecule has 124 valence electrons. The van der Waals surface area contributed by atoms with Gasteiger partial charge in [-0.1, -0.05) is 30.3 Å². The summed E-state index contributed by atoms with van der Waals surface area (Å²) in [6.07, 6.45) is 1.95. The van der Waals surface area contributed by atoms with Crippen LogP contribution in [-0.4, -0.2) is 33.8 Å². The molecular weight excluding hydrogens is 316 g/mol. The lowest BCUT2D eigenvalue weighted by Gasteiger charge is -2.51. The van der Waals surface area contributed by atoms with Gasteiger partial charge in [-0.15, -0.1) is 11.6 Å². The molecule has 0 aliphatic carbocycles. The van der Waals surface area contributed by atoms with E-state index in [0.717, 1.165) is 24.4 Å². The SMILES string of the molecule is CCOC1(c2ccccc2)C(Cl)CCC[Si]1(OCC)OCC. The molecular formula is C17H27ClO3Si. The van der Waals surface area contributed by atoms with E-state index in [4.69, 9.17) is 25.2 Å². The van der Waals surface area contributed by atoms with Crippen LogP contribution in [0.2, 0.25) is 6.04 Å². The Morgan fingerprint density at radius 2 is 1.73 bits per heavy atom. The number of benzene rings is 1. The largest absolute Gasteiger partial charge is 0.393 e. The number of halogens is 1. The first kappa shape index (κ1) is 18.0. The molecule has 3 nitrogen and oxygen atoms in total. The van der Waals surface area contributed by atoms with Crippen molar-refractivity contribution in [2.75, 3.05) is 19.8 Å². The lowest BCUT2D eigenvalue weighted by molar-refractivity contribution is -0.0418. The lowest BCUT2D eigenvalue weighted by atomic mass is 10.0. The Morgan fingerprint density at radius 3 is 2.27 bits per heavy atom. The van der Waals surface area contributed by atoms with Gasteiger partial charge < -0.3 is 13.6 Å². The highest BCUT2D eigenvalue weighted by Gasteiger charge is 2.65. The summed E-state index contributed by atoms with van der Waals surface area (Å²) in [5.74, 6) is 0. The van der Waals surface area contributed by atoms with Gasteiger partial charge in [-0.2, -0.15) is 0 Å². The third-order valence-electron chi connectivity index (χ3n) is 4.30. The van der Waals surface area contributed by atoms with Gasteiger partial charge in [0.05, 0.1) is 5.38 Å². The highest BCUT2D eigenvalue weighted by atomic mass is 35.5.